The Balaban J connectivity index is 2.59. The van der Waals surface area contributed by atoms with Crippen LogP contribution in [-0.2, 0) is 13.6 Å². The minimum atomic E-state index is -1.92. The number of Topliss-reactive ketones (excluding diaryl/α,β-unsaturated/α-hetero) is 1. The Labute approximate surface area is 201 Å². The highest BCUT2D eigenvalue weighted by Crippen LogP contribution is 2.55. The third kappa shape index (κ3) is 5.68. The fraction of sp³-hybridized carbons (Fsp3) is 0.808. The number of ketones is 1. The van der Waals surface area contributed by atoms with Crippen LogP contribution in [-0.4, -0.2) is 42.7 Å². The van der Waals surface area contributed by atoms with Crippen molar-refractivity contribution >= 4 is 30.5 Å². The van der Waals surface area contributed by atoms with Crippen molar-refractivity contribution < 1.29 is 13.6 Å². The molecule has 2 atom stereocenters. The molecule has 0 amide bonds. The Morgan fingerprint density at radius 3 is 1.97 bits per heavy atom. The van der Waals surface area contributed by atoms with Gasteiger partial charge in [-0.3, -0.25) is 4.79 Å². The van der Waals surface area contributed by atoms with Gasteiger partial charge in [0.15, 0.2) is 22.4 Å². The molecule has 0 aromatic carbocycles. The maximum atomic E-state index is 13.5. The minimum Gasteiger partial charge on any atom is -0.416 e. The van der Waals surface area contributed by atoms with Crippen molar-refractivity contribution in [1.29, 1.82) is 0 Å². The van der Waals surface area contributed by atoms with Gasteiger partial charge in [-0.25, -0.2) is 0 Å². The fourth-order valence-electron chi connectivity index (χ4n) is 5.47. The van der Waals surface area contributed by atoms with E-state index in [1.165, 1.54) is 16.3 Å². The molecule has 0 radical (unpaired) electrons. The van der Waals surface area contributed by atoms with Crippen molar-refractivity contribution in [1.82, 2.24) is 0 Å². The van der Waals surface area contributed by atoms with E-state index in [0.717, 1.165) is 6.42 Å². The standard InChI is InChI=1S/C26H50O3Si3/c1-19-16-26(18-28-32(13,14)24(2,3)4)17-22(27)23(30(7,8)9)21(26)15-20(19)25(5,6)29-31(10,11)12/h16,20H,15,17-18H2,1-14H3/t20-,26-/m1/s1. The SMILES string of the molecule is CC1=C[C@]2(CO[Si](C)(C)C(C)(C)C)CC(=O)C([Si](C)(C)C)=C2C[C@H]1C(C)(C)O[Si](C)(C)C. The van der Waals surface area contributed by atoms with E-state index in [-0.39, 0.29) is 16.1 Å². The summed E-state index contributed by atoms with van der Waals surface area (Å²) >= 11 is 0. The first-order valence-electron chi connectivity index (χ1n) is 12.3. The molecule has 0 aliphatic heterocycles. The van der Waals surface area contributed by atoms with Crippen LogP contribution in [0.4, 0.5) is 0 Å². The Morgan fingerprint density at radius 1 is 1.00 bits per heavy atom. The zero-order valence-corrected chi connectivity index (χ0v) is 26.5. The number of hydrogen-bond acceptors (Lipinski definition) is 3. The summed E-state index contributed by atoms with van der Waals surface area (Å²) in [6, 6.07) is 0. The predicted octanol–water partition coefficient (Wildman–Crippen LogP) is 7.74. The number of hydrogen-bond donors (Lipinski definition) is 0. The molecule has 2 rings (SSSR count). The zero-order chi connectivity index (χ0) is 25.1. The van der Waals surface area contributed by atoms with Gasteiger partial charge in [-0.1, -0.05) is 57.6 Å². The summed E-state index contributed by atoms with van der Waals surface area (Å²) in [6.45, 7) is 32.6. The van der Waals surface area contributed by atoms with Crippen LogP contribution in [0.15, 0.2) is 22.4 Å². The average molecular weight is 495 g/mol. The molecule has 0 spiro atoms. The van der Waals surface area contributed by atoms with Crippen molar-refractivity contribution in [2.75, 3.05) is 6.61 Å². The molecule has 0 fully saturated rings. The highest BCUT2D eigenvalue weighted by Gasteiger charge is 2.53. The number of fused-ring (bicyclic) bond motifs is 1. The summed E-state index contributed by atoms with van der Waals surface area (Å²) in [7, 11) is -5.42. The zero-order valence-electron chi connectivity index (χ0n) is 23.5. The molecule has 3 nitrogen and oxygen atoms in total. The van der Waals surface area contributed by atoms with Crippen LogP contribution in [0.3, 0.4) is 0 Å². The van der Waals surface area contributed by atoms with Gasteiger partial charge in [-0.2, -0.15) is 0 Å². The summed E-state index contributed by atoms with van der Waals surface area (Å²) in [4.78, 5) is 13.5. The first-order valence-corrected chi connectivity index (χ1v) is 22.1. The third-order valence-electron chi connectivity index (χ3n) is 7.77. The predicted molar refractivity (Wildman–Crippen MR) is 146 cm³/mol. The second kappa shape index (κ2) is 8.43. The van der Waals surface area contributed by atoms with E-state index in [1.54, 1.807) is 0 Å². The molecule has 2 aliphatic rings. The van der Waals surface area contributed by atoms with E-state index >= 15 is 0 Å². The molecule has 0 N–H and O–H groups in total. The van der Waals surface area contributed by atoms with E-state index in [2.05, 4.69) is 100.0 Å². The summed E-state index contributed by atoms with van der Waals surface area (Å²) in [5, 5.41) is 1.33. The average Bonchev–Trinajstić information content (AvgIpc) is 2.80. The largest absolute Gasteiger partial charge is 0.416 e. The maximum Gasteiger partial charge on any atom is 0.192 e. The van der Waals surface area contributed by atoms with Crippen molar-refractivity contribution in [2.24, 2.45) is 11.3 Å². The van der Waals surface area contributed by atoms with Crippen LogP contribution in [0, 0.1) is 11.3 Å². The lowest BCUT2D eigenvalue weighted by molar-refractivity contribution is -0.115. The van der Waals surface area contributed by atoms with Crippen LogP contribution in [0.1, 0.15) is 54.4 Å². The molecule has 184 valence electrons. The van der Waals surface area contributed by atoms with Crippen LogP contribution in [0.2, 0.25) is 57.4 Å². The van der Waals surface area contributed by atoms with Crippen molar-refractivity contribution in [3.63, 3.8) is 0 Å². The van der Waals surface area contributed by atoms with Gasteiger partial charge in [-0.05, 0) is 70.2 Å². The number of rotatable bonds is 7. The molecular weight excluding hydrogens is 445 g/mol. The lowest BCUT2D eigenvalue weighted by atomic mass is 9.66. The molecule has 0 bridgehead atoms. The van der Waals surface area contributed by atoms with Crippen LogP contribution >= 0.6 is 0 Å². The monoisotopic (exact) mass is 494 g/mol. The second-order valence-electron chi connectivity index (χ2n) is 14.4. The molecule has 2 aliphatic carbocycles. The normalized spacial score (nSPS) is 25.9. The number of allylic oxidation sites excluding steroid dienone is 1. The van der Waals surface area contributed by atoms with Crippen molar-refractivity contribution in [3.05, 3.63) is 22.4 Å². The van der Waals surface area contributed by atoms with Crippen LogP contribution in [0.25, 0.3) is 0 Å². The molecular formula is C26H50O3Si3. The lowest BCUT2D eigenvalue weighted by Crippen LogP contribution is -2.48. The van der Waals surface area contributed by atoms with Gasteiger partial charge in [0, 0.05) is 24.4 Å². The first-order chi connectivity index (χ1) is 14.0. The molecule has 32 heavy (non-hydrogen) atoms. The summed E-state index contributed by atoms with van der Waals surface area (Å²) < 4.78 is 13.5. The van der Waals surface area contributed by atoms with Gasteiger partial charge in [0.05, 0.1) is 13.7 Å². The second-order valence-corrected chi connectivity index (χ2v) is 28.6. The van der Waals surface area contributed by atoms with Gasteiger partial charge >= 0.3 is 0 Å². The smallest absolute Gasteiger partial charge is 0.192 e. The van der Waals surface area contributed by atoms with E-state index in [1.807, 2.05) is 0 Å². The number of carbonyl (C=O) groups excluding carboxylic acids is 1. The Bertz CT molecular complexity index is 817. The fourth-order valence-corrected chi connectivity index (χ4v) is 10.4. The lowest BCUT2D eigenvalue weighted by Gasteiger charge is -2.47. The van der Waals surface area contributed by atoms with Crippen molar-refractivity contribution in [2.45, 2.75) is 117 Å². The molecule has 6 heteroatoms. The van der Waals surface area contributed by atoms with Crippen LogP contribution in [0.5, 0.6) is 0 Å². The topological polar surface area (TPSA) is 35.5 Å². The Morgan fingerprint density at radius 2 is 1.53 bits per heavy atom. The van der Waals surface area contributed by atoms with Gasteiger partial charge in [0.2, 0.25) is 0 Å². The van der Waals surface area contributed by atoms with Gasteiger partial charge in [-0.15, -0.1) is 0 Å². The van der Waals surface area contributed by atoms with Gasteiger partial charge in [0.1, 0.15) is 0 Å². The molecule has 0 saturated heterocycles. The molecule has 0 heterocycles. The van der Waals surface area contributed by atoms with Crippen LogP contribution < -0.4 is 0 Å². The van der Waals surface area contributed by atoms with E-state index in [0.29, 0.717) is 24.7 Å². The molecule has 0 unspecified atom stereocenters. The first kappa shape index (κ1) is 28.0. The summed E-state index contributed by atoms with van der Waals surface area (Å²) in [5.41, 5.74) is 2.22. The van der Waals surface area contributed by atoms with E-state index < -0.39 is 24.7 Å². The van der Waals surface area contributed by atoms with E-state index in [9.17, 15) is 4.79 Å². The minimum absolute atomic E-state index is 0.154. The highest BCUT2D eigenvalue weighted by atomic mass is 28.4. The van der Waals surface area contributed by atoms with Gasteiger partial charge < -0.3 is 8.85 Å². The maximum absolute atomic E-state index is 13.5. The van der Waals surface area contributed by atoms with E-state index in [4.69, 9.17) is 8.85 Å². The third-order valence-corrected chi connectivity index (χ3v) is 15.5. The van der Waals surface area contributed by atoms with Gasteiger partial charge in [0.25, 0.3) is 0 Å². The number of carbonyl (C=O) groups is 1. The quantitative estimate of drug-likeness (QED) is 0.268. The molecule has 0 aromatic heterocycles. The molecule has 0 aromatic rings. The van der Waals surface area contributed by atoms with Crippen molar-refractivity contribution in [3.8, 4) is 0 Å². The Kier molecular flexibility index (Phi) is 7.37. The Hall–Kier alpha value is -0.279. The summed E-state index contributed by atoms with van der Waals surface area (Å²) in [6.07, 6.45) is 3.92. The highest BCUT2D eigenvalue weighted by molar-refractivity contribution is 6.87. The molecule has 0 saturated carbocycles. The summed E-state index contributed by atoms with van der Waals surface area (Å²) in [5.74, 6) is 0.661.